The second-order valence-electron chi connectivity index (χ2n) is 4.98. The molecule has 0 spiro atoms. The summed E-state index contributed by atoms with van der Waals surface area (Å²) in [7, 11) is 1.90. The number of benzene rings is 1. The third-order valence-electron chi connectivity index (χ3n) is 2.96. The van der Waals surface area contributed by atoms with Crippen LogP contribution in [-0.2, 0) is 11.3 Å². The number of nitrogen functional groups attached to an aromatic ring is 1. The van der Waals surface area contributed by atoms with Crippen LogP contribution in [0.1, 0.15) is 19.2 Å². The number of carbonyl (C=O) groups excluding carboxylic acids is 1. The molecule has 4 N–H and O–H groups in total. The normalized spacial score (nSPS) is 11.2. The number of nitrogens with zero attached hydrogens (tertiary/aromatic N) is 2. The zero-order chi connectivity index (χ0) is 14.5. The highest BCUT2D eigenvalue weighted by molar-refractivity contribution is 5.79. The van der Waals surface area contributed by atoms with Gasteiger partial charge in [0.15, 0.2) is 0 Å². The average Bonchev–Trinajstić information content (AvgIpc) is 2.77. The molecule has 6 heteroatoms. The molecular formula is C14H21N5O. The fraction of sp³-hybridized carbons (Fsp3) is 0.429. The Morgan fingerprint density at radius 1 is 1.50 bits per heavy atom. The molecule has 0 bridgehead atoms. The molecular weight excluding hydrogens is 254 g/mol. The van der Waals surface area contributed by atoms with Crippen molar-refractivity contribution >= 4 is 22.6 Å². The molecule has 1 aromatic heterocycles. The first-order valence-electron chi connectivity index (χ1n) is 6.78. The first-order valence-corrected chi connectivity index (χ1v) is 6.78. The van der Waals surface area contributed by atoms with Crippen molar-refractivity contribution in [1.82, 2.24) is 20.2 Å². The number of carbonyl (C=O) groups is 1. The number of amides is 1. The molecule has 20 heavy (non-hydrogen) atoms. The Morgan fingerprint density at radius 3 is 3.05 bits per heavy atom. The zero-order valence-electron chi connectivity index (χ0n) is 11.9. The Bertz CT molecular complexity index is 592. The first-order chi connectivity index (χ1) is 9.58. The predicted octanol–water partition coefficient (Wildman–Crippen LogP) is 1.10. The van der Waals surface area contributed by atoms with E-state index in [1.165, 1.54) is 0 Å². The van der Waals surface area contributed by atoms with E-state index in [4.69, 9.17) is 5.73 Å². The predicted molar refractivity (Wildman–Crippen MR) is 80.1 cm³/mol. The van der Waals surface area contributed by atoms with Gasteiger partial charge in [-0.05, 0) is 31.7 Å². The molecule has 0 saturated heterocycles. The molecule has 0 aliphatic carbocycles. The van der Waals surface area contributed by atoms with E-state index < -0.39 is 0 Å². The zero-order valence-corrected chi connectivity index (χ0v) is 11.9. The van der Waals surface area contributed by atoms with Gasteiger partial charge >= 0.3 is 0 Å². The number of aromatic nitrogens is 2. The lowest BCUT2D eigenvalue weighted by atomic mass is 10.3. The number of hydrogen-bond donors (Lipinski definition) is 3. The molecule has 0 unspecified atom stereocenters. The van der Waals surface area contributed by atoms with E-state index in [0.717, 1.165) is 29.8 Å². The van der Waals surface area contributed by atoms with E-state index in [-0.39, 0.29) is 5.91 Å². The molecule has 2 aromatic rings. The van der Waals surface area contributed by atoms with Gasteiger partial charge in [0, 0.05) is 12.2 Å². The number of nitrogens with one attached hydrogen (secondary N) is 2. The quantitative estimate of drug-likeness (QED) is 0.689. The number of aromatic amines is 1. The van der Waals surface area contributed by atoms with Gasteiger partial charge in [-0.25, -0.2) is 4.98 Å². The molecule has 0 fully saturated rings. The van der Waals surface area contributed by atoms with Crippen LogP contribution in [0, 0.1) is 0 Å². The van der Waals surface area contributed by atoms with Crippen LogP contribution in [0.5, 0.6) is 0 Å². The third kappa shape index (κ3) is 3.71. The molecule has 2 rings (SSSR count). The van der Waals surface area contributed by atoms with E-state index in [0.29, 0.717) is 18.8 Å². The first kappa shape index (κ1) is 14.3. The molecule has 0 saturated carbocycles. The van der Waals surface area contributed by atoms with Crippen LogP contribution >= 0.6 is 0 Å². The van der Waals surface area contributed by atoms with Crippen molar-refractivity contribution in [3.63, 3.8) is 0 Å². The minimum absolute atomic E-state index is 0.0368. The Hall–Kier alpha value is -2.08. The highest BCUT2D eigenvalue weighted by Gasteiger charge is 2.09. The molecule has 6 nitrogen and oxygen atoms in total. The molecule has 0 aliphatic heterocycles. The van der Waals surface area contributed by atoms with Crippen molar-refractivity contribution in [2.45, 2.75) is 19.9 Å². The molecule has 1 aromatic carbocycles. The topological polar surface area (TPSA) is 87.0 Å². The highest BCUT2D eigenvalue weighted by atomic mass is 16.2. The van der Waals surface area contributed by atoms with Crippen LogP contribution in [0.4, 0.5) is 5.69 Å². The minimum Gasteiger partial charge on any atom is -0.399 e. The van der Waals surface area contributed by atoms with Crippen LogP contribution in [0.15, 0.2) is 18.2 Å². The van der Waals surface area contributed by atoms with Gasteiger partial charge in [0.25, 0.3) is 0 Å². The van der Waals surface area contributed by atoms with Gasteiger partial charge in [-0.15, -0.1) is 0 Å². The van der Waals surface area contributed by atoms with E-state index in [1.54, 1.807) is 0 Å². The van der Waals surface area contributed by atoms with Crippen LogP contribution in [0.2, 0.25) is 0 Å². The number of imidazole rings is 1. The maximum absolute atomic E-state index is 11.6. The monoisotopic (exact) mass is 275 g/mol. The number of anilines is 1. The molecule has 108 valence electrons. The molecule has 0 aliphatic rings. The SMILES string of the molecule is CCCNC(=O)CN(C)Cc1nc2ccc(N)cc2[nH]1. The molecule has 1 amide bonds. The van der Waals surface area contributed by atoms with Crippen molar-refractivity contribution in [3.8, 4) is 0 Å². The number of rotatable bonds is 6. The standard InChI is InChI=1S/C14H21N5O/c1-3-6-16-14(20)9-19(2)8-13-17-11-5-4-10(15)7-12(11)18-13/h4-5,7H,3,6,8-9,15H2,1-2H3,(H,16,20)(H,17,18). The lowest BCUT2D eigenvalue weighted by Crippen LogP contribution is -2.35. The summed E-state index contributed by atoms with van der Waals surface area (Å²) in [5.41, 5.74) is 8.25. The number of nitrogens with two attached hydrogens (primary N) is 1. The summed E-state index contributed by atoms with van der Waals surface area (Å²) >= 11 is 0. The van der Waals surface area contributed by atoms with Crippen molar-refractivity contribution in [2.24, 2.45) is 0 Å². The number of likely N-dealkylation sites (N-methyl/N-ethyl adjacent to an activating group) is 1. The smallest absolute Gasteiger partial charge is 0.234 e. The summed E-state index contributed by atoms with van der Waals surface area (Å²) in [6.45, 7) is 3.70. The third-order valence-corrected chi connectivity index (χ3v) is 2.96. The van der Waals surface area contributed by atoms with E-state index >= 15 is 0 Å². The van der Waals surface area contributed by atoms with Gasteiger partial charge < -0.3 is 16.0 Å². The van der Waals surface area contributed by atoms with Crippen molar-refractivity contribution in [2.75, 3.05) is 25.9 Å². The van der Waals surface area contributed by atoms with Gasteiger partial charge in [-0.2, -0.15) is 0 Å². The number of hydrogen-bond acceptors (Lipinski definition) is 4. The minimum atomic E-state index is 0.0368. The summed E-state index contributed by atoms with van der Waals surface area (Å²) < 4.78 is 0. The molecule has 0 atom stereocenters. The van der Waals surface area contributed by atoms with Crippen molar-refractivity contribution < 1.29 is 4.79 Å². The summed E-state index contributed by atoms with van der Waals surface area (Å²) in [6, 6.07) is 5.58. The maximum atomic E-state index is 11.6. The lowest BCUT2D eigenvalue weighted by Gasteiger charge is -2.14. The summed E-state index contributed by atoms with van der Waals surface area (Å²) in [5.74, 6) is 0.867. The number of fused-ring (bicyclic) bond motifs is 1. The van der Waals surface area contributed by atoms with Gasteiger partial charge in [-0.3, -0.25) is 9.69 Å². The van der Waals surface area contributed by atoms with Gasteiger partial charge in [0.2, 0.25) is 5.91 Å². The fourth-order valence-corrected chi connectivity index (χ4v) is 2.03. The Balaban J connectivity index is 1.95. The van der Waals surface area contributed by atoms with E-state index in [1.807, 2.05) is 37.1 Å². The van der Waals surface area contributed by atoms with E-state index in [2.05, 4.69) is 15.3 Å². The second-order valence-corrected chi connectivity index (χ2v) is 4.98. The van der Waals surface area contributed by atoms with Gasteiger partial charge in [-0.1, -0.05) is 6.92 Å². The van der Waals surface area contributed by atoms with Crippen LogP contribution in [0.3, 0.4) is 0 Å². The second kappa shape index (κ2) is 6.38. The van der Waals surface area contributed by atoms with Gasteiger partial charge in [0.1, 0.15) is 5.82 Å². The highest BCUT2D eigenvalue weighted by Crippen LogP contribution is 2.15. The van der Waals surface area contributed by atoms with Crippen LogP contribution in [-0.4, -0.2) is 40.9 Å². The van der Waals surface area contributed by atoms with Crippen LogP contribution < -0.4 is 11.1 Å². The average molecular weight is 275 g/mol. The van der Waals surface area contributed by atoms with E-state index in [9.17, 15) is 4.79 Å². The molecule has 1 heterocycles. The largest absolute Gasteiger partial charge is 0.399 e. The Kier molecular flexibility index (Phi) is 4.57. The summed E-state index contributed by atoms with van der Waals surface area (Å²) in [6.07, 6.45) is 0.945. The summed E-state index contributed by atoms with van der Waals surface area (Å²) in [5, 5.41) is 2.86. The van der Waals surface area contributed by atoms with Crippen LogP contribution in [0.25, 0.3) is 11.0 Å². The molecule has 0 radical (unpaired) electrons. The van der Waals surface area contributed by atoms with Gasteiger partial charge in [0.05, 0.1) is 24.1 Å². The van der Waals surface area contributed by atoms with Crippen molar-refractivity contribution in [3.05, 3.63) is 24.0 Å². The van der Waals surface area contributed by atoms with Crippen molar-refractivity contribution in [1.29, 1.82) is 0 Å². The lowest BCUT2D eigenvalue weighted by molar-refractivity contribution is -0.122. The Morgan fingerprint density at radius 2 is 2.30 bits per heavy atom. The Labute approximate surface area is 118 Å². The number of H-pyrrole nitrogens is 1. The fourth-order valence-electron chi connectivity index (χ4n) is 2.03. The summed E-state index contributed by atoms with van der Waals surface area (Å²) in [4.78, 5) is 21.2. The maximum Gasteiger partial charge on any atom is 0.234 e.